The predicted molar refractivity (Wildman–Crippen MR) is 69.3 cm³/mol. The van der Waals surface area contributed by atoms with E-state index in [2.05, 4.69) is 0 Å². The van der Waals surface area contributed by atoms with Crippen molar-refractivity contribution < 1.29 is 9.53 Å². The molecule has 4 nitrogen and oxygen atoms in total. The van der Waals surface area contributed by atoms with Crippen molar-refractivity contribution in [3.8, 4) is 0 Å². The molecule has 0 radical (unpaired) electrons. The van der Waals surface area contributed by atoms with Gasteiger partial charge in [0.25, 0.3) is 0 Å². The Morgan fingerprint density at radius 2 is 2.06 bits per heavy atom. The fraction of sp³-hybridized carbons (Fsp3) is 0.917. The van der Waals surface area contributed by atoms with Crippen molar-refractivity contribution in [1.82, 2.24) is 4.90 Å². The lowest BCUT2D eigenvalue weighted by Crippen LogP contribution is -2.69. The number of nitrogens with zero attached hydrogens (tertiary/aromatic N) is 1. The molecule has 2 fully saturated rings. The van der Waals surface area contributed by atoms with Gasteiger partial charge in [0.1, 0.15) is 5.60 Å². The van der Waals surface area contributed by atoms with Crippen LogP contribution in [0.1, 0.15) is 40.0 Å². The highest BCUT2D eigenvalue weighted by Crippen LogP contribution is 2.50. The summed E-state index contributed by atoms with van der Waals surface area (Å²) in [4.78, 5) is 13.8. The van der Waals surface area contributed by atoms with Gasteiger partial charge < -0.3 is 15.4 Å². The number of likely N-dealkylation sites (tertiary alicyclic amines) is 1. The van der Waals surface area contributed by atoms with Gasteiger partial charge in [-0.05, 0) is 52.5 Å². The third-order valence-corrected chi connectivity index (χ3v) is 3.66. The lowest BCUT2D eigenvalue weighted by Gasteiger charge is -2.61. The zero-order valence-electron chi connectivity index (χ0n) is 10.9. The van der Waals surface area contributed by atoms with E-state index in [0.29, 0.717) is 5.92 Å². The Labute approximate surface area is 109 Å². The number of halogens is 1. The Hall–Kier alpha value is -0.480. The second kappa shape index (κ2) is 4.65. The maximum atomic E-state index is 11.9. The molecule has 1 saturated carbocycles. The Balaban J connectivity index is 0.00000144. The van der Waals surface area contributed by atoms with Gasteiger partial charge in [0.05, 0.1) is 0 Å². The lowest BCUT2D eigenvalue weighted by molar-refractivity contribution is -0.101. The van der Waals surface area contributed by atoms with Gasteiger partial charge in [-0.3, -0.25) is 0 Å². The minimum absolute atomic E-state index is 0. The predicted octanol–water partition coefficient (Wildman–Crippen LogP) is 2.16. The summed E-state index contributed by atoms with van der Waals surface area (Å²) in [6.07, 6.45) is 3.07. The first-order chi connectivity index (χ1) is 7.36. The van der Waals surface area contributed by atoms with E-state index in [0.717, 1.165) is 32.4 Å². The highest BCUT2D eigenvalue weighted by molar-refractivity contribution is 5.85. The summed E-state index contributed by atoms with van der Waals surface area (Å²) in [5.74, 6) is 0.602. The van der Waals surface area contributed by atoms with E-state index in [4.69, 9.17) is 10.5 Å². The number of nitrogens with two attached hydrogens (primary N) is 1. The first-order valence-electron chi connectivity index (χ1n) is 6.07. The molecular formula is C12H23ClN2O2. The molecule has 1 aliphatic carbocycles. The number of carbonyl (C=O) groups excluding carboxylic acids is 1. The molecular weight excluding hydrogens is 240 g/mol. The molecule has 2 N–H and O–H groups in total. The number of rotatable bonds is 1. The van der Waals surface area contributed by atoms with Crippen LogP contribution in [-0.2, 0) is 4.74 Å². The van der Waals surface area contributed by atoms with Crippen LogP contribution >= 0.6 is 12.4 Å². The number of ether oxygens (including phenoxy) is 1. The van der Waals surface area contributed by atoms with E-state index in [9.17, 15) is 4.79 Å². The van der Waals surface area contributed by atoms with Gasteiger partial charge >= 0.3 is 6.09 Å². The third kappa shape index (κ3) is 2.68. The van der Waals surface area contributed by atoms with E-state index in [1.165, 1.54) is 0 Å². The molecule has 0 aromatic heterocycles. The summed E-state index contributed by atoms with van der Waals surface area (Å²) >= 11 is 0. The number of hydrogen-bond acceptors (Lipinski definition) is 3. The first-order valence-corrected chi connectivity index (χ1v) is 6.07. The molecule has 2 aliphatic rings. The number of amides is 1. The normalized spacial score (nSPS) is 31.3. The summed E-state index contributed by atoms with van der Waals surface area (Å²) in [6.45, 7) is 7.29. The van der Waals surface area contributed by atoms with Crippen molar-refractivity contribution in [3.05, 3.63) is 0 Å². The van der Waals surface area contributed by atoms with Crippen LogP contribution < -0.4 is 5.73 Å². The lowest BCUT2D eigenvalue weighted by atomic mass is 9.61. The molecule has 0 unspecified atom stereocenters. The van der Waals surface area contributed by atoms with Crippen LogP contribution in [0.15, 0.2) is 0 Å². The van der Waals surface area contributed by atoms with Gasteiger partial charge in [-0.2, -0.15) is 0 Å². The van der Waals surface area contributed by atoms with Crippen molar-refractivity contribution in [2.75, 3.05) is 13.1 Å². The fourth-order valence-electron chi connectivity index (χ4n) is 2.75. The quantitative estimate of drug-likeness (QED) is 0.788. The van der Waals surface area contributed by atoms with E-state index >= 15 is 0 Å². The van der Waals surface area contributed by atoms with E-state index in [1.54, 1.807) is 0 Å². The summed E-state index contributed by atoms with van der Waals surface area (Å²) in [5.41, 5.74) is 5.33. The average Bonchev–Trinajstić information content (AvgIpc) is 1.96. The third-order valence-electron chi connectivity index (χ3n) is 3.66. The molecule has 2 rings (SSSR count). The van der Waals surface area contributed by atoms with Crippen LogP contribution in [0.4, 0.5) is 4.79 Å². The highest BCUT2D eigenvalue weighted by Gasteiger charge is 2.56. The summed E-state index contributed by atoms with van der Waals surface area (Å²) in [5, 5.41) is 0. The van der Waals surface area contributed by atoms with Crippen LogP contribution in [0, 0.1) is 5.92 Å². The Morgan fingerprint density at radius 1 is 1.47 bits per heavy atom. The first kappa shape index (κ1) is 14.6. The SMILES string of the molecule is CC(C)(C)OC(=O)N1CCC12CC(CN)C2.Cl. The van der Waals surface area contributed by atoms with Crippen molar-refractivity contribution in [2.24, 2.45) is 11.7 Å². The minimum atomic E-state index is -0.398. The van der Waals surface area contributed by atoms with Crippen molar-refractivity contribution in [3.63, 3.8) is 0 Å². The van der Waals surface area contributed by atoms with Gasteiger partial charge in [0.2, 0.25) is 0 Å². The van der Waals surface area contributed by atoms with Gasteiger partial charge in [-0.15, -0.1) is 12.4 Å². The Morgan fingerprint density at radius 3 is 2.41 bits per heavy atom. The molecule has 0 bridgehead atoms. The molecule has 1 heterocycles. The van der Waals surface area contributed by atoms with Crippen LogP contribution in [0.25, 0.3) is 0 Å². The molecule has 0 atom stereocenters. The Bertz CT molecular complexity index is 295. The zero-order valence-corrected chi connectivity index (χ0v) is 11.7. The van der Waals surface area contributed by atoms with Crippen molar-refractivity contribution >= 4 is 18.5 Å². The maximum absolute atomic E-state index is 11.9. The Kier molecular flexibility index (Phi) is 3.99. The van der Waals surface area contributed by atoms with E-state index < -0.39 is 5.60 Å². The number of carbonyl (C=O) groups is 1. The van der Waals surface area contributed by atoms with Crippen LogP contribution in [-0.4, -0.2) is 35.2 Å². The van der Waals surface area contributed by atoms with Crippen LogP contribution in [0.3, 0.4) is 0 Å². The van der Waals surface area contributed by atoms with Crippen LogP contribution in [0.2, 0.25) is 0 Å². The standard InChI is InChI=1S/C12H22N2O2.ClH/c1-11(2,3)16-10(15)14-5-4-12(14)6-9(7-12)8-13;/h9H,4-8,13H2,1-3H3;1H. The van der Waals surface area contributed by atoms with Crippen LogP contribution in [0.5, 0.6) is 0 Å². The second-order valence-corrected chi connectivity index (χ2v) is 6.12. The zero-order chi connectivity index (χ0) is 12.0. The van der Waals surface area contributed by atoms with Gasteiger partial charge in [0.15, 0.2) is 0 Å². The molecule has 0 aromatic rings. The van der Waals surface area contributed by atoms with Crippen molar-refractivity contribution in [1.29, 1.82) is 0 Å². The molecule has 100 valence electrons. The monoisotopic (exact) mass is 262 g/mol. The smallest absolute Gasteiger partial charge is 0.410 e. The van der Waals surface area contributed by atoms with Gasteiger partial charge in [-0.1, -0.05) is 0 Å². The second-order valence-electron chi connectivity index (χ2n) is 6.12. The molecule has 5 heteroatoms. The molecule has 17 heavy (non-hydrogen) atoms. The average molecular weight is 263 g/mol. The molecule has 1 aliphatic heterocycles. The largest absolute Gasteiger partial charge is 0.444 e. The maximum Gasteiger partial charge on any atom is 0.410 e. The summed E-state index contributed by atoms with van der Waals surface area (Å²) in [7, 11) is 0. The molecule has 1 saturated heterocycles. The summed E-state index contributed by atoms with van der Waals surface area (Å²) in [6, 6.07) is 0. The highest BCUT2D eigenvalue weighted by atomic mass is 35.5. The summed E-state index contributed by atoms with van der Waals surface area (Å²) < 4.78 is 5.40. The number of hydrogen-bond donors (Lipinski definition) is 1. The fourth-order valence-corrected chi connectivity index (χ4v) is 2.75. The molecule has 0 aromatic carbocycles. The van der Waals surface area contributed by atoms with E-state index in [1.807, 2.05) is 25.7 Å². The minimum Gasteiger partial charge on any atom is -0.444 e. The molecule has 1 spiro atoms. The van der Waals surface area contributed by atoms with E-state index in [-0.39, 0.29) is 24.0 Å². The molecule has 1 amide bonds. The van der Waals surface area contributed by atoms with Gasteiger partial charge in [-0.25, -0.2) is 4.79 Å². The topological polar surface area (TPSA) is 55.6 Å². The van der Waals surface area contributed by atoms with Gasteiger partial charge in [0, 0.05) is 12.1 Å². The van der Waals surface area contributed by atoms with Crippen molar-refractivity contribution in [2.45, 2.75) is 51.2 Å².